The Balaban J connectivity index is 2.12. The summed E-state index contributed by atoms with van der Waals surface area (Å²) in [5.74, 6) is -2.56. The van der Waals surface area contributed by atoms with Crippen LogP contribution in [0.25, 0.3) is 6.08 Å². The Labute approximate surface area is 259 Å². The molecule has 1 aromatic heterocycles. The predicted molar refractivity (Wildman–Crippen MR) is 170 cm³/mol. The lowest BCUT2D eigenvalue weighted by molar-refractivity contribution is -0.166. The standard InChI is InChI=1S/C34H46N2O6S/c1-21-12-11-13-22(2)30(39)24(4)31(40)33(6,7)28(37)19-29(38)42-34(17-16-21,23(3)18-27-20-43-25(5)35-27)32(41)36-26-14-9-8-10-15-26/h8-10,14-16,18,20,22,24,28,30,37,39H,11-13,17,19H2,1-7H3,(H,36,41)/b21-16-,23-18?/t22-,24+,28-,30-,34-/m0/s1. The molecular weight excluding hydrogens is 564 g/mol. The summed E-state index contributed by atoms with van der Waals surface area (Å²) >= 11 is 1.47. The molecule has 9 heteroatoms. The monoisotopic (exact) mass is 610 g/mol. The van der Waals surface area contributed by atoms with Crippen LogP contribution < -0.4 is 5.32 Å². The molecule has 0 saturated carbocycles. The van der Waals surface area contributed by atoms with Crippen LogP contribution in [0.2, 0.25) is 0 Å². The van der Waals surface area contributed by atoms with Gasteiger partial charge in [0.15, 0.2) is 0 Å². The molecule has 2 heterocycles. The number of para-hydroxylation sites is 1. The van der Waals surface area contributed by atoms with Crippen LogP contribution in [0.1, 0.15) is 84.3 Å². The first-order valence-electron chi connectivity index (χ1n) is 14.9. The number of amides is 1. The zero-order valence-electron chi connectivity index (χ0n) is 26.3. The van der Waals surface area contributed by atoms with Gasteiger partial charge >= 0.3 is 5.97 Å². The number of cyclic esters (lactones) is 1. The van der Waals surface area contributed by atoms with Gasteiger partial charge in [0.1, 0.15) is 5.78 Å². The molecular formula is C34H46N2O6S. The number of ketones is 1. The molecule has 1 amide bonds. The van der Waals surface area contributed by atoms with Crippen molar-refractivity contribution in [1.82, 2.24) is 4.98 Å². The molecule has 8 nitrogen and oxygen atoms in total. The number of aliphatic hydroxyl groups is 2. The number of hydrogen-bond acceptors (Lipinski definition) is 8. The quantitative estimate of drug-likeness (QED) is 0.275. The number of aryl methyl sites for hydroxylation is 1. The second-order valence-corrected chi connectivity index (χ2v) is 13.5. The van der Waals surface area contributed by atoms with E-state index in [1.54, 1.807) is 58.0 Å². The lowest BCUT2D eigenvalue weighted by Gasteiger charge is -2.36. The van der Waals surface area contributed by atoms with E-state index in [9.17, 15) is 24.6 Å². The van der Waals surface area contributed by atoms with Crippen LogP contribution >= 0.6 is 11.3 Å². The van der Waals surface area contributed by atoms with Crippen molar-refractivity contribution in [2.45, 2.75) is 98.4 Å². The summed E-state index contributed by atoms with van der Waals surface area (Å²) in [6, 6.07) is 8.94. The number of rotatable bonds is 4. The number of thiazole rings is 1. The van der Waals surface area contributed by atoms with Crippen molar-refractivity contribution in [2.24, 2.45) is 17.3 Å². The first-order valence-corrected chi connectivity index (χ1v) is 15.8. The van der Waals surface area contributed by atoms with Gasteiger partial charge in [-0.1, -0.05) is 57.5 Å². The summed E-state index contributed by atoms with van der Waals surface area (Å²) in [6.45, 7) is 12.3. The second-order valence-electron chi connectivity index (χ2n) is 12.4. The van der Waals surface area contributed by atoms with Crippen LogP contribution in [0.5, 0.6) is 0 Å². The minimum Gasteiger partial charge on any atom is -0.444 e. The molecule has 0 radical (unpaired) electrons. The highest BCUT2D eigenvalue weighted by atomic mass is 32.1. The van der Waals surface area contributed by atoms with E-state index in [1.165, 1.54) is 11.3 Å². The van der Waals surface area contributed by atoms with Gasteiger partial charge in [-0.3, -0.25) is 14.4 Å². The van der Waals surface area contributed by atoms with E-state index < -0.39 is 47.4 Å². The van der Waals surface area contributed by atoms with E-state index in [0.29, 0.717) is 29.8 Å². The highest BCUT2D eigenvalue weighted by Gasteiger charge is 2.46. The Hall–Kier alpha value is -3.14. The zero-order chi connectivity index (χ0) is 31.9. The third-order valence-corrected chi connectivity index (χ3v) is 9.42. The van der Waals surface area contributed by atoms with Crippen molar-refractivity contribution >= 4 is 40.8 Å². The predicted octanol–water partition coefficient (Wildman–Crippen LogP) is 6.28. The summed E-state index contributed by atoms with van der Waals surface area (Å²) in [4.78, 5) is 45.8. The van der Waals surface area contributed by atoms with Crippen LogP contribution in [0.4, 0.5) is 5.69 Å². The minimum absolute atomic E-state index is 0.0579. The maximum absolute atomic E-state index is 14.2. The lowest BCUT2D eigenvalue weighted by Crippen LogP contribution is -2.49. The lowest BCUT2D eigenvalue weighted by atomic mass is 9.73. The van der Waals surface area contributed by atoms with Crippen molar-refractivity contribution in [3.63, 3.8) is 0 Å². The van der Waals surface area contributed by atoms with Crippen LogP contribution in [0, 0.1) is 24.2 Å². The zero-order valence-corrected chi connectivity index (χ0v) is 27.2. The number of aliphatic hydroxyl groups excluding tert-OH is 2. The summed E-state index contributed by atoms with van der Waals surface area (Å²) < 4.78 is 6.12. The highest BCUT2D eigenvalue weighted by Crippen LogP contribution is 2.35. The highest BCUT2D eigenvalue weighted by molar-refractivity contribution is 7.09. The number of hydrogen-bond donors (Lipinski definition) is 3. The van der Waals surface area contributed by atoms with Gasteiger partial charge in [-0.05, 0) is 69.7 Å². The van der Waals surface area contributed by atoms with Gasteiger partial charge in [0.05, 0.1) is 34.7 Å². The van der Waals surface area contributed by atoms with Crippen molar-refractivity contribution in [3.8, 4) is 0 Å². The largest absolute Gasteiger partial charge is 0.444 e. The molecule has 0 unspecified atom stereocenters. The van der Waals surface area contributed by atoms with E-state index in [2.05, 4.69) is 10.3 Å². The number of carbonyl (C=O) groups excluding carboxylic acids is 3. The molecule has 1 aliphatic rings. The molecule has 3 N–H and O–H groups in total. The Morgan fingerprint density at radius 3 is 2.44 bits per heavy atom. The fourth-order valence-electron chi connectivity index (χ4n) is 5.48. The van der Waals surface area contributed by atoms with Crippen molar-refractivity contribution in [1.29, 1.82) is 0 Å². The maximum Gasteiger partial charge on any atom is 0.309 e. The molecule has 1 aliphatic heterocycles. The van der Waals surface area contributed by atoms with Gasteiger partial charge in [-0.2, -0.15) is 0 Å². The van der Waals surface area contributed by atoms with E-state index >= 15 is 0 Å². The Morgan fingerprint density at radius 2 is 1.81 bits per heavy atom. The van der Waals surface area contributed by atoms with Gasteiger partial charge in [0.25, 0.3) is 5.91 Å². The van der Waals surface area contributed by atoms with Gasteiger partial charge < -0.3 is 20.3 Å². The van der Waals surface area contributed by atoms with Gasteiger partial charge in [-0.25, -0.2) is 4.98 Å². The van der Waals surface area contributed by atoms with Crippen LogP contribution in [0.3, 0.4) is 0 Å². The first-order chi connectivity index (χ1) is 20.2. The van der Waals surface area contributed by atoms with E-state index in [4.69, 9.17) is 4.74 Å². The number of ether oxygens (including phenoxy) is 1. The molecule has 5 atom stereocenters. The van der Waals surface area contributed by atoms with E-state index in [1.807, 2.05) is 38.3 Å². The number of nitrogens with one attached hydrogen (secondary N) is 1. The fourth-order valence-corrected chi connectivity index (χ4v) is 6.05. The van der Waals surface area contributed by atoms with Crippen LogP contribution in [-0.2, 0) is 19.1 Å². The average molecular weight is 611 g/mol. The number of allylic oxidation sites excluding steroid dienone is 1. The Bertz CT molecular complexity index is 1350. The minimum atomic E-state index is -1.76. The van der Waals surface area contributed by atoms with E-state index in [-0.39, 0.29) is 18.1 Å². The molecule has 2 aromatic rings. The number of carbonyl (C=O) groups is 3. The number of benzene rings is 1. The molecule has 0 spiro atoms. The summed E-state index contributed by atoms with van der Waals surface area (Å²) in [7, 11) is 0. The third-order valence-electron chi connectivity index (χ3n) is 8.63. The first kappa shape index (κ1) is 34.4. The molecule has 3 rings (SSSR count). The number of aromatic nitrogens is 1. The van der Waals surface area contributed by atoms with Crippen molar-refractivity contribution in [3.05, 3.63) is 63.6 Å². The van der Waals surface area contributed by atoms with Gasteiger partial charge in [0, 0.05) is 23.4 Å². The Kier molecular flexibility index (Phi) is 11.6. The average Bonchev–Trinajstić information content (AvgIpc) is 3.37. The molecule has 1 aromatic carbocycles. The number of esters is 1. The fraction of sp³-hybridized carbons (Fsp3) is 0.529. The SMILES string of the molecule is CC(=Cc1csc(C)n1)[C@]1(C(=O)Nc2ccccc2)C/C=C(/C)CCC[C@H](C)[C@H](O)[C@@H](C)C(=O)C(C)(C)[C@@H](O)CC(=O)O1. The van der Waals surface area contributed by atoms with Crippen LogP contribution in [-0.4, -0.2) is 50.7 Å². The molecule has 234 valence electrons. The van der Waals surface area contributed by atoms with Crippen molar-refractivity contribution < 1.29 is 29.3 Å². The summed E-state index contributed by atoms with van der Waals surface area (Å²) in [6.07, 6.45) is 3.11. The number of anilines is 1. The molecule has 0 aliphatic carbocycles. The molecule has 43 heavy (non-hydrogen) atoms. The van der Waals surface area contributed by atoms with Crippen molar-refractivity contribution in [2.75, 3.05) is 5.32 Å². The topological polar surface area (TPSA) is 126 Å². The molecule has 0 fully saturated rings. The number of nitrogens with zero attached hydrogens (tertiary/aromatic N) is 1. The summed E-state index contributed by atoms with van der Waals surface area (Å²) in [5, 5.41) is 27.8. The van der Waals surface area contributed by atoms with Gasteiger partial charge in [-0.15, -0.1) is 11.3 Å². The smallest absolute Gasteiger partial charge is 0.309 e. The van der Waals surface area contributed by atoms with Crippen LogP contribution in [0.15, 0.2) is 52.9 Å². The van der Waals surface area contributed by atoms with E-state index in [0.717, 1.165) is 17.0 Å². The van der Waals surface area contributed by atoms with Gasteiger partial charge in [0.2, 0.25) is 5.60 Å². The Morgan fingerprint density at radius 1 is 1.14 bits per heavy atom. The second kappa shape index (κ2) is 14.6. The normalized spacial score (nSPS) is 29.3. The molecule has 0 bridgehead atoms. The third kappa shape index (κ3) is 8.49. The summed E-state index contributed by atoms with van der Waals surface area (Å²) in [5.41, 5.74) is -0.437. The molecule has 0 saturated heterocycles. The maximum atomic E-state index is 14.2. The number of Topliss-reactive ketones (excluding diaryl/α,β-unsaturated/α-hetero) is 1.